The van der Waals surface area contributed by atoms with E-state index >= 15 is 0 Å². The van der Waals surface area contributed by atoms with Crippen molar-refractivity contribution in [2.24, 2.45) is 5.92 Å². The molecule has 1 aromatic carbocycles. The van der Waals surface area contributed by atoms with Gasteiger partial charge in [0.15, 0.2) is 17.0 Å². The molecule has 7 rings (SSSR count). The highest BCUT2D eigenvalue weighted by Crippen LogP contribution is 2.70. The number of phenolic OH excluding ortho intramolecular Hbond substituents is 1. The largest absolute Gasteiger partial charge is 0.507 e. The van der Waals surface area contributed by atoms with E-state index in [0.29, 0.717) is 23.3 Å². The van der Waals surface area contributed by atoms with Crippen LogP contribution in [0.3, 0.4) is 0 Å². The third kappa shape index (κ3) is 3.61. The number of aliphatic carboxylic acids is 1. The Morgan fingerprint density at radius 2 is 1.84 bits per heavy atom. The molecule has 1 aromatic rings. The number of rotatable bonds is 7. The highest BCUT2D eigenvalue weighted by molar-refractivity contribution is 6.20. The number of aromatic hydroxyl groups is 1. The van der Waals surface area contributed by atoms with Crippen LogP contribution in [-0.2, 0) is 30.9 Å². The van der Waals surface area contributed by atoms with E-state index in [1.54, 1.807) is 13.8 Å². The summed E-state index contributed by atoms with van der Waals surface area (Å²) in [6.45, 7) is 14.3. The fraction of sp³-hybridized carbons (Fsp3) is 0.618. The van der Waals surface area contributed by atoms with E-state index in [2.05, 4.69) is 0 Å². The van der Waals surface area contributed by atoms with Crippen LogP contribution in [0.4, 0.5) is 0 Å². The van der Waals surface area contributed by atoms with Crippen molar-refractivity contribution in [3.63, 3.8) is 0 Å². The molecule has 0 aromatic heterocycles. The SMILES string of the molecule is CO[C@]12C=C3C(=O)c4c(O)c(CCC(C)(C)O)c5c(c4O[C@]34[C@@H](C1)C(C)(C)O[C@]4(C/C=C(/C)C(=O)O)C2=O)C(C)(C)[C@H](C)O5. The third-order valence-corrected chi connectivity index (χ3v) is 11.0. The van der Waals surface area contributed by atoms with Gasteiger partial charge in [0, 0.05) is 47.1 Å². The number of Topliss-reactive ketones (excluding diaryl/α,β-unsaturated/α-hetero) is 2. The lowest BCUT2D eigenvalue weighted by molar-refractivity contribution is -0.190. The van der Waals surface area contributed by atoms with Crippen molar-refractivity contribution < 1.29 is 48.7 Å². The molecule has 238 valence electrons. The number of benzene rings is 1. The van der Waals surface area contributed by atoms with E-state index in [0.717, 1.165) is 0 Å². The Kier molecular flexibility index (Phi) is 6.26. The molecule has 0 amide bonds. The summed E-state index contributed by atoms with van der Waals surface area (Å²) in [7, 11) is 1.41. The van der Waals surface area contributed by atoms with Gasteiger partial charge >= 0.3 is 5.97 Å². The normalized spacial score (nSPS) is 34.1. The summed E-state index contributed by atoms with van der Waals surface area (Å²) in [6, 6.07) is 0. The summed E-state index contributed by atoms with van der Waals surface area (Å²) in [5, 5.41) is 32.0. The fourth-order valence-electron chi connectivity index (χ4n) is 8.19. The Morgan fingerprint density at radius 1 is 1.18 bits per heavy atom. The molecule has 3 N–H and O–H groups in total. The third-order valence-electron chi connectivity index (χ3n) is 11.0. The van der Waals surface area contributed by atoms with E-state index in [1.165, 1.54) is 26.2 Å². The number of hydrogen-bond donors (Lipinski definition) is 3. The first-order chi connectivity index (χ1) is 20.2. The Labute approximate surface area is 257 Å². The van der Waals surface area contributed by atoms with Crippen LogP contribution in [0, 0.1) is 5.92 Å². The number of phenols is 1. The molecule has 44 heavy (non-hydrogen) atoms. The molecule has 4 bridgehead atoms. The lowest BCUT2D eigenvalue weighted by Gasteiger charge is -2.59. The molecule has 2 fully saturated rings. The second kappa shape index (κ2) is 8.95. The summed E-state index contributed by atoms with van der Waals surface area (Å²) in [5.74, 6) is -2.35. The number of carboxylic acids is 1. The minimum absolute atomic E-state index is 0.0204. The van der Waals surface area contributed by atoms with Crippen molar-refractivity contribution >= 4 is 17.5 Å². The molecule has 0 unspecified atom stereocenters. The molecule has 1 saturated carbocycles. The maximum atomic E-state index is 14.9. The molecule has 3 aliphatic carbocycles. The van der Waals surface area contributed by atoms with E-state index < -0.39 is 56.9 Å². The van der Waals surface area contributed by atoms with E-state index in [1.807, 2.05) is 34.6 Å². The van der Waals surface area contributed by atoms with Crippen LogP contribution in [0.25, 0.3) is 0 Å². The van der Waals surface area contributed by atoms with Crippen LogP contribution >= 0.6 is 0 Å². The molecule has 3 aliphatic heterocycles. The van der Waals surface area contributed by atoms with Crippen molar-refractivity contribution in [1.82, 2.24) is 0 Å². The number of carbonyl (C=O) groups excluding carboxylic acids is 2. The quantitative estimate of drug-likeness (QED) is 0.381. The number of carboxylic acid groups (broad SMARTS) is 1. The first kappa shape index (κ1) is 30.8. The molecule has 0 radical (unpaired) electrons. The van der Waals surface area contributed by atoms with Crippen molar-refractivity contribution in [2.75, 3.05) is 7.11 Å². The topological polar surface area (TPSA) is 149 Å². The van der Waals surface area contributed by atoms with Gasteiger partial charge in [0.05, 0.1) is 11.2 Å². The Bertz CT molecular complexity index is 1590. The standard InChI is InChI=1S/C34H42O10/c1-16(27(37)38)10-13-33-28(39)32(41-9)14-19-24(36)21-23(35)18(11-12-29(3,4)40)25-22(30(5,6)17(2)42-25)26(21)43-34(19,33)20(15-32)31(7,8)44-33/h10,14,17,20,35,40H,11-13,15H2,1-9H3,(H,37,38)/b16-10-/t17-,20-,32+,33+,34-/m0/s1. The molecule has 6 aliphatic rings. The summed E-state index contributed by atoms with van der Waals surface area (Å²) >= 11 is 0. The number of aliphatic hydroxyl groups is 1. The van der Waals surface area contributed by atoms with E-state index in [4.69, 9.17) is 18.9 Å². The van der Waals surface area contributed by atoms with Gasteiger partial charge in [-0.3, -0.25) is 9.59 Å². The Hall–Kier alpha value is -3.21. The van der Waals surface area contributed by atoms with Gasteiger partial charge in [-0.2, -0.15) is 0 Å². The smallest absolute Gasteiger partial charge is 0.330 e. The van der Waals surface area contributed by atoms with Crippen LogP contribution in [0.5, 0.6) is 17.2 Å². The van der Waals surface area contributed by atoms with Gasteiger partial charge in [-0.1, -0.05) is 19.9 Å². The van der Waals surface area contributed by atoms with Crippen LogP contribution < -0.4 is 9.47 Å². The van der Waals surface area contributed by atoms with Gasteiger partial charge < -0.3 is 34.3 Å². The van der Waals surface area contributed by atoms with Crippen LogP contribution in [0.1, 0.15) is 96.1 Å². The molecule has 1 spiro atoms. The summed E-state index contributed by atoms with van der Waals surface area (Å²) in [5.41, 5.74) is -6.42. The number of fused-ring (bicyclic) bond motifs is 3. The minimum Gasteiger partial charge on any atom is -0.507 e. The average molecular weight is 611 g/mol. The summed E-state index contributed by atoms with van der Waals surface area (Å²) < 4.78 is 26.1. The number of carbonyl (C=O) groups is 3. The van der Waals surface area contributed by atoms with E-state index in [-0.39, 0.29) is 53.6 Å². The number of hydrogen-bond acceptors (Lipinski definition) is 9. The van der Waals surface area contributed by atoms with Crippen molar-refractivity contribution in [2.45, 2.75) is 121 Å². The zero-order valence-corrected chi connectivity index (χ0v) is 26.8. The van der Waals surface area contributed by atoms with E-state index in [9.17, 15) is 29.7 Å². The maximum absolute atomic E-state index is 14.9. The van der Waals surface area contributed by atoms with Crippen molar-refractivity contribution in [3.05, 3.63) is 40.0 Å². The highest BCUT2D eigenvalue weighted by Gasteiger charge is 2.84. The molecule has 3 heterocycles. The Balaban J connectivity index is 1.67. The molecular formula is C34H42O10. The minimum atomic E-state index is -1.79. The van der Waals surface area contributed by atoms with Crippen LogP contribution in [0.15, 0.2) is 23.3 Å². The number of ether oxygens (including phenoxy) is 4. The lowest BCUT2D eigenvalue weighted by Crippen LogP contribution is -2.77. The summed E-state index contributed by atoms with van der Waals surface area (Å²) in [4.78, 5) is 41.3. The maximum Gasteiger partial charge on any atom is 0.330 e. The number of ketones is 2. The predicted molar refractivity (Wildman–Crippen MR) is 158 cm³/mol. The molecule has 1 saturated heterocycles. The lowest BCUT2D eigenvalue weighted by atomic mass is 9.49. The van der Waals surface area contributed by atoms with Crippen molar-refractivity contribution in [3.8, 4) is 17.2 Å². The molecular weight excluding hydrogens is 568 g/mol. The molecule has 5 atom stereocenters. The van der Waals surface area contributed by atoms with Gasteiger partial charge in [0.2, 0.25) is 5.78 Å². The predicted octanol–water partition coefficient (Wildman–Crippen LogP) is 4.35. The van der Waals surface area contributed by atoms with Gasteiger partial charge in [-0.05, 0) is 66.9 Å². The van der Waals surface area contributed by atoms with Gasteiger partial charge in [0.1, 0.15) is 34.5 Å². The van der Waals surface area contributed by atoms with Gasteiger partial charge in [0.25, 0.3) is 0 Å². The Morgan fingerprint density at radius 3 is 2.43 bits per heavy atom. The second-order valence-electron chi connectivity index (χ2n) is 14.9. The first-order valence-corrected chi connectivity index (χ1v) is 15.2. The van der Waals surface area contributed by atoms with Crippen LogP contribution in [-0.4, -0.2) is 74.1 Å². The second-order valence-corrected chi connectivity index (χ2v) is 14.9. The van der Waals surface area contributed by atoms with Crippen LogP contribution in [0.2, 0.25) is 0 Å². The average Bonchev–Trinajstić information content (AvgIpc) is 3.24. The molecule has 10 heteroatoms. The summed E-state index contributed by atoms with van der Waals surface area (Å²) in [6.07, 6.45) is 3.19. The van der Waals surface area contributed by atoms with Gasteiger partial charge in [-0.25, -0.2) is 4.79 Å². The number of methoxy groups -OCH3 is 1. The van der Waals surface area contributed by atoms with Gasteiger partial charge in [-0.15, -0.1) is 0 Å². The zero-order valence-electron chi connectivity index (χ0n) is 26.8. The zero-order chi connectivity index (χ0) is 32.6. The molecule has 10 nitrogen and oxygen atoms in total. The first-order valence-electron chi connectivity index (χ1n) is 15.2. The fourth-order valence-corrected chi connectivity index (χ4v) is 8.19. The highest BCUT2D eigenvalue weighted by atomic mass is 16.6. The monoisotopic (exact) mass is 610 g/mol. The van der Waals surface area contributed by atoms with Crippen molar-refractivity contribution in [1.29, 1.82) is 0 Å².